The van der Waals surface area contributed by atoms with E-state index in [1.165, 1.54) is 0 Å². The predicted octanol–water partition coefficient (Wildman–Crippen LogP) is 0.940. The zero-order valence-corrected chi connectivity index (χ0v) is 6.62. The first kappa shape index (κ1) is 9.66. The van der Waals surface area contributed by atoms with E-state index in [0.29, 0.717) is 6.42 Å². The molecule has 2 nitrogen and oxygen atoms in total. The van der Waals surface area contributed by atoms with Crippen molar-refractivity contribution < 1.29 is 10.2 Å². The number of allylic oxidation sites excluding steroid dienone is 1. The van der Waals surface area contributed by atoms with Gasteiger partial charge in [-0.2, -0.15) is 0 Å². The van der Waals surface area contributed by atoms with Crippen LogP contribution < -0.4 is 0 Å². The molecule has 0 aromatic heterocycles. The number of aliphatic hydroxyl groups excluding tert-OH is 2. The van der Waals surface area contributed by atoms with Gasteiger partial charge in [-0.1, -0.05) is 6.08 Å². The molecule has 2 heteroatoms. The third-order valence-corrected chi connectivity index (χ3v) is 1.68. The highest BCUT2D eigenvalue weighted by atomic mass is 16.3. The van der Waals surface area contributed by atoms with E-state index < -0.39 is 12.2 Å². The number of hydrogen-bond acceptors (Lipinski definition) is 2. The molecule has 0 heterocycles. The van der Waals surface area contributed by atoms with Crippen LogP contribution in [0.3, 0.4) is 0 Å². The molecule has 0 aliphatic heterocycles. The molecule has 0 aromatic carbocycles. The van der Waals surface area contributed by atoms with Crippen LogP contribution in [0, 0.1) is 5.92 Å². The van der Waals surface area contributed by atoms with Gasteiger partial charge in [0.1, 0.15) is 0 Å². The highest BCUT2D eigenvalue weighted by Crippen LogP contribution is 2.13. The summed E-state index contributed by atoms with van der Waals surface area (Å²) in [6.07, 6.45) is 1.45. The molecular weight excluding hydrogens is 128 g/mol. The minimum absolute atomic E-state index is 0.0718. The minimum Gasteiger partial charge on any atom is -0.393 e. The zero-order chi connectivity index (χ0) is 8.15. The largest absolute Gasteiger partial charge is 0.393 e. The standard InChI is InChI=1S/C8H16O2/c1-4-5-8(6(2)9)7(3)10/h4,6-10H,1,5H2,2-3H3. The van der Waals surface area contributed by atoms with Crippen molar-refractivity contribution in [3.8, 4) is 0 Å². The molecule has 0 saturated heterocycles. The smallest absolute Gasteiger partial charge is 0.0567 e. The lowest BCUT2D eigenvalue weighted by Gasteiger charge is -2.20. The Morgan fingerprint density at radius 3 is 1.80 bits per heavy atom. The summed E-state index contributed by atoms with van der Waals surface area (Å²) in [4.78, 5) is 0. The number of hydrogen-bond donors (Lipinski definition) is 2. The Labute approximate surface area is 62.2 Å². The highest BCUT2D eigenvalue weighted by molar-refractivity contribution is 4.79. The van der Waals surface area contributed by atoms with Crippen LogP contribution in [0.25, 0.3) is 0 Å². The van der Waals surface area contributed by atoms with Crippen LogP contribution in [0.4, 0.5) is 0 Å². The van der Waals surface area contributed by atoms with Crippen LogP contribution >= 0.6 is 0 Å². The molecule has 0 spiro atoms. The van der Waals surface area contributed by atoms with Gasteiger partial charge in [0.2, 0.25) is 0 Å². The molecule has 0 radical (unpaired) electrons. The quantitative estimate of drug-likeness (QED) is 0.576. The maximum Gasteiger partial charge on any atom is 0.0567 e. The summed E-state index contributed by atoms with van der Waals surface area (Å²) in [7, 11) is 0. The average Bonchev–Trinajstić information content (AvgIpc) is 1.81. The molecule has 0 aliphatic rings. The maximum atomic E-state index is 9.11. The van der Waals surface area contributed by atoms with Crippen LogP contribution in [0.1, 0.15) is 20.3 Å². The average molecular weight is 144 g/mol. The van der Waals surface area contributed by atoms with Crippen molar-refractivity contribution in [3.05, 3.63) is 12.7 Å². The van der Waals surface area contributed by atoms with E-state index in [2.05, 4.69) is 6.58 Å². The van der Waals surface area contributed by atoms with Crippen LogP contribution in [0.5, 0.6) is 0 Å². The summed E-state index contributed by atoms with van der Waals surface area (Å²) < 4.78 is 0. The fourth-order valence-electron chi connectivity index (χ4n) is 0.989. The lowest BCUT2D eigenvalue weighted by Crippen LogP contribution is -2.26. The number of aliphatic hydroxyl groups is 2. The third-order valence-electron chi connectivity index (χ3n) is 1.68. The molecule has 0 aromatic rings. The second kappa shape index (κ2) is 4.47. The van der Waals surface area contributed by atoms with Crippen molar-refractivity contribution in [2.45, 2.75) is 32.5 Å². The second-order valence-electron chi connectivity index (χ2n) is 2.67. The van der Waals surface area contributed by atoms with Gasteiger partial charge in [-0.15, -0.1) is 6.58 Å². The van der Waals surface area contributed by atoms with Crippen molar-refractivity contribution in [3.63, 3.8) is 0 Å². The summed E-state index contributed by atoms with van der Waals surface area (Å²) in [6.45, 7) is 6.91. The van der Waals surface area contributed by atoms with Crippen molar-refractivity contribution in [1.82, 2.24) is 0 Å². The van der Waals surface area contributed by atoms with Gasteiger partial charge in [-0.3, -0.25) is 0 Å². The lowest BCUT2D eigenvalue weighted by atomic mass is 9.94. The molecule has 0 saturated carbocycles. The molecule has 0 bridgehead atoms. The highest BCUT2D eigenvalue weighted by Gasteiger charge is 2.18. The monoisotopic (exact) mass is 144 g/mol. The Balaban J connectivity index is 3.84. The van der Waals surface area contributed by atoms with Crippen molar-refractivity contribution in [2.75, 3.05) is 0 Å². The van der Waals surface area contributed by atoms with E-state index in [0.717, 1.165) is 0 Å². The van der Waals surface area contributed by atoms with Gasteiger partial charge in [-0.05, 0) is 20.3 Å². The van der Waals surface area contributed by atoms with Gasteiger partial charge in [0.05, 0.1) is 12.2 Å². The molecule has 0 amide bonds. The molecular formula is C8H16O2. The van der Waals surface area contributed by atoms with Crippen LogP contribution in [-0.2, 0) is 0 Å². The summed E-state index contributed by atoms with van der Waals surface area (Å²) in [5.74, 6) is -0.0718. The van der Waals surface area contributed by atoms with Crippen molar-refractivity contribution in [2.24, 2.45) is 5.92 Å². The molecule has 10 heavy (non-hydrogen) atoms. The lowest BCUT2D eigenvalue weighted by molar-refractivity contribution is 0.0335. The third kappa shape index (κ3) is 2.99. The van der Waals surface area contributed by atoms with E-state index in [4.69, 9.17) is 10.2 Å². The molecule has 0 aliphatic carbocycles. The van der Waals surface area contributed by atoms with E-state index in [1.54, 1.807) is 19.9 Å². The second-order valence-corrected chi connectivity index (χ2v) is 2.67. The predicted molar refractivity (Wildman–Crippen MR) is 41.7 cm³/mol. The molecule has 2 atom stereocenters. The molecule has 2 N–H and O–H groups in total. The Hall–Kier alpha value is -0.340. The minimum atomic E-state index is -0.460. The van der Waals surface area contributed by atoms with Gasteiger partial charge >= 0.3 is 0 Å². The summed E-state index contributed by atoms with van der Waals surface area (Å²) in [6, 6.07) is 0. The Morgan fingerprint density at radius 1 is 1.30 bits per heavy atom. The van der Waals surface area contributed by atoms with E-state index in [1.807, 2.05) is 0 Å². The Morgan fingerprint density at radius 2 is 1.70 bits per heavy atom. The Kier molecular flexibility index (Phi) is 4.32. The Bertz CT molecular complexity index is 89.4. The zero-order valence-electron chi connectivity index (χ0n) is 6.62. The first-order valence-corrected chi connectivity index (χ1v) is 3.56. The molecule has 0 rings (SSSR count). The van der Waals surface area contributed by atoms with Gasteiger partial charge in [0.25, 0.3) is 0 Å². The normalized spacial score (nSPS) is 19.6. The molecule has 2 unspecified atom stereocenters. The van der Waals surface area contributed by atoms with Crippen LogP contribution in [-0.4, -0.2) is 22.4 Å². The summed E-state index contributed by atoms with van der Waals surface area (Å²) >= 11 is 0. The summed E-state index contributed by atoms with van der Waals surface area (Å²) in [5.41, 5.74) is 0. The maximum absolute atomic E-state index is 9.11. The first-order valence-electron chi connectivity index (χ1n) is 3.56. The fraction of sp³-hybridized carbons (Fsp3) is 0.750. The van der Waals surface area contributed by atoms with Gasteiger partial charge in [0, 0.05) is 5.92 Å². The van der Waals surface area contributed by atoms with Crippen LogP contribution in [0.2, 0.25) is 0 Å². The topological polar surface area (TPSA) is 40.5 Å². The van der Waals surface area contributed by atoms with Gasteiger partial charge in [0.15, 0.2) is 0 Å². The fourth-order valence-corrected chi connectivity index (χ4v) is 0.989. The van der Waals surface area contributed by atoms with Crippen molar-refractivity contribution in [1.29, 1.82) is 0 Å². The molecule has 60 valence electrons. The summed E-state index contributed by atoms with van der Waals surface area (Å²) in [5, 5.41) is 18.2. The van der Waals surface area contributed by atoms with Gasteiger partial charge in [-0.25, -0.2) is 0 Å². The van der Waals surface area contributed by atoms with E-state index in [-0.39, 0.29) is 5.92 Å². The van der Waals surface area contributed by atoms with Crippen molar-refractivity contribution >= 4 is 0 Å². The number of rotatable bonds is 4. The van der Waals surface area contributed by atoms with Crippen LogP contribution in [0.15, 0.2) is 12.7 Å². The SMILES string of the molecule is C=CCC(C(C)O)C(C)O. The molecule has 0 fully saturated rings. The van der Waals surface area contributed by atoms with E-state index in [9.17, 15) is 0 Å². The first-order chi connectivity index (χ1) is 4.59. The van der Waals surface area contributed by atoms with E-state index >= 15 is 0 Å². The van der Waals surface area contributed by atoms with Gasteiger partial charge < -0.3 is 10.2 Å².